The quantitative estimate of drug-likeness (QED) is 0.505. The first-order valence-corrected chi connectivity index (χ1v) is 5.59. The molecule has 0 unspecified atom stereocenters. The van der Waals surface area contributed by atoms with Gasteiger partial charge < -0.3 is 9.47 Å². The molecule has 2 aliphatic rings. The minimum Gasteiger partial charge on any atom is -0.459 e. The topological polar surface area (TPSA) is 69.7 Å². The lowest BCUT2D eigenvalue weighted by Crippen LogP contribution is -2.35. The third-order valence-electron chi connectivity index (χ3n) is 3.58. The van der Waals surface area contributed by atoms with Gasteiger partial charge in [-0.05, 0) is 27.7 Å². The molecule has 2 aliphatic heterocycles. The summed E-state index contributed by atoms with van der Waals surface area (Å²) >= 11 is 0. The average Bonchev–Trinajstić information content (AvgIpc) is 2.50. The van der Waals surface area contributed by atoms with Crippen LogP contribution in [-0.4, -0.2) is 28.9 Å². The van der Waals surface area contributed by atoms with Crippen molar-refractivity contribution in [3.8, 4) is 0 Å². The van der Waals surface area contributed by atoms with E-state index in [1.165, 1.54) is 6.92 Å². The predicted octanol–water partition coefficient (Wildman–Crippen LogP) is 0.993. The largest absolute Gasteiger partial charge is 0.459 e. The van der Waals surface area contributed by atoms with Crippen molar-refractivity contribution in [3.05, 3.63) is 0 Å². The number of cyclic esters (lactones) is 2. The van der Waals surface area contributed by atoms with Crippen molar-refractivity contribution in [2.45, 2.75) is 51.7 Å². The Kier molecular flexibility index (Phi) is 2.19. The Morgan fingerprint density at radius 1 is 1.06 bits per heavy atom. The van der Waals surface area contributed by atoms with Crippen LogP contribution >= 0.6 is 0 Å². The van der Waals surface area contributed by atoms with Gasteiger partial charge in [-0.3, -0.25) is 14.4 Å². The second kappa shape index (κ2) is 3.09. The van der Waals surface area contributed by atoms with Crippen LogP contribution in [0.4, 0.5) is 0 Å². The first-order valence-electron chi connectivity index (χ1n) is 5.59. The van der Waals surface area contributed by atoms with Gasteiger partial charge in [-0.2, -0.15) is 0 Å². The summed E-state index contributed by atoms with van der Waals surface area (Å²) in [6.45, 7) is 6.39. The van der Waals surface area contributed by atoms with Gasteiger partial charge in [0.05, 0.1) is 0 Å². The first kappa shape index (κ1) is 12.1. The van der Waals surface area contributed by atoms with Crippen molar-refractivity contribution < 1.29 is 23.9 Å². The molecule has 17 heavy (non-hydrogen) atoms. The summed E-state index contributed by atoms with van der Waals surface area (Å²) in [6.07, 6.45) is 0.344. The predicted molar refractivity (Wildman–Crippen MR) is 57.0 cm³/mol. The number of ether oxygens (including phenoxy) is 2. The Morgan fingerprint density at radius 3 is 1.94 bits per heavy atom. The van der Waals surface area contributed by atoms with E-state index in [2.05, 4.69) is 0 Å². The summed E-state index contributed by atoms with van der Waals surface area (Å²) in [5, 5.41) is 0. The molecule has 0 N–H and O–H groups in total. The van der Waals surface area contributed by atoms with Crippen LogP contribution in [0.25, 0.3) is 0 Å². The molecule has 2 heterocycles. The summed E-state index contributed by atoms with van der Waals surface area (Å²) in [6, 6.07) is 0. The molecular weight excluding hydrogens is 224 g/mol. The van der Waals surface area contributed by atoms with Gasteiger partial charge in [0, 0.05) is 12.8 Å². The van der Waals surface area contributed by atoms with Gasteiger partial charge in [-0.1, -0.05) is 0 Å². The van der Waals surface area contributed by atoms with E-state index in [0.29, 0.717) is 0 Å². The molecular formula is C12H16O5. The Labute approximate surface area is 99.5 Å². The van der Waals surface area contributed by atoms with Gasteiger partial charge in [0.25, 0.3) is 0 Å². The summed E-state index contributed by atoms with van der Waals surface area (Å²) in [4.78, 5) is 35.3. The molecule has 0 amide bonds. The van der Waals surface area contributed by atoms with Crippen molar-refractivity contribution in [1.82, 2.24) is 0 Å². The molecule has 2 saturated heterocycles. The Bertz CT molecular complexity index is 425. The first-order chi connectivity index (χ1) is 7.61. The minimum absolute atomic E-state index is 0.0798. The molecule has 2 fully saturated rings. The lowest BCUT2D eigenvalue weighted by molar-refractivity contribution is -0.163. The van der Waals surface area contributed by atoms with Crippen LogP contribution in [-0.2, 0) is 23.9 Å². The van der Waals surface area contributed by atoms with E-state index in [1.807, 2.05) is 0 Å². The highest BCUT2D eigenvalue weighted by Gasteiger charge is 2.67. The van der Waals surface area contributed by atoms with E-state index in [-0.39, 0.29) is 18.6 Å². The zero-order valence-electron chi connectivity index (χ0n) is 10.5. The second-order valence-corrected chi connectivity index (χ2v) is 5.76. The van der Waals surface area contributed by atoms with Crippen LogP contribution in [0.2, 0.25) is 0 Å². The number of carbonyl (C=O) groups excluding carboxylic acids is 3. The van der Waals surface area contributed by atoms with Crippen LogP contribution < -0.4 is 0 Å². The van der Waals surface area contributed by atoms with Crippen LogP contribution in [0.15, 0.2) is 0 Å². The monoisotopic (exact) mass is 240 g/mol. The maximum Gasteiger partial charge on any atom is 0.324 e. The Hall–Kier alpha value is -1.39. The molecule has 0 aliphatic carbocycles. The zero-order valence-corrected chi connectivity index (χ0v) is 10.5. The highest BCUT2D eigenvalue weighted by atomic mass is 16.6. The van der Waals surface area contributed by atoms with E-state index in [1.54, 1.807) is 20.8 Å². The van der Waals surface area contributed by atoms with Crippen LogP contribution in [0.5, 0.6) is 0 Å². The number of hydrogen-bond donors (Lipinski definition) is 0. The van der Waals surface area contributed by atoms with Crippen molar-refractivity contribution in [2.24, 2.45) is 5.41 Å². The molecule has 0 aromatic rings. The van der Waals surface area contributed by atoms with Gasteiger partial charge in [0.2, 0.25) is 0 Å². The maximum absolute atomic E-state index is 11.9. The molecule has 0 bridgehead atoms. The number of Topliss-reactive ketones (excluding diaryl/α,β-unsaturated/α-hetero) is 1. The van der Waals surface area contributed by atoms with Crippen LogP contribution in [0, 0.1) is 5.41 Å². The average molecular weight is 240 g/mol. The highest BCUT2D eigenvalue weighted by molar-refractivity contribution is 6.06. The molecule has 0 saturated carbocycles. The molecule has 0 aromatic heterocycles. The molecule has 2 rings (SSSR count). The number of hydrogen-bond acceptors (Lipinski definition) is 5. The molecule has 5 heteroatoms. The zero-order chi connectivity index (χ0) is 13.1. The van der Waals surface area contributed by atoms with Crippen molar-refractivity contribution in [1.29, 1.82) is 0 Å². The lowest BCUT2D eigenvalue weighted by Gasteiger charge is -2.19. The molecule has 2 atom stereocenters. The van der Waals surface area contributed by atoms with E-state index >= 15 is 0 Å². The maximum atomic E-state index is 11.9. The third-order valence-corrected chi connectivity index (χ3v) is 3.58. The minimum atomic E-state index is -1.29. The van der Waals surface area contributed by atoms with Gasteiger partial charge in [-0.15, -0.1) is 0 Å². The number of ketones is 1. The summed E-state index contributed by atoms with van der Waals surface area (Å²) in [5.41, 5.74) is -3.17. The fraction of sp³-hybridized carbons (Fsp3) is 0.750. The van der Waals surface area contributed by atoms with Gasteiger partial charge in [0.1, 0.15) is 5.60 Å². The summed E-state index contributed by atoms with van der Waals surface area (Å²) in [5.74, 6) is -1.46. The smallest absolute Gasteiger partial charge is 0.324 e. The molecule has 0 radical (unpaired) electrons. The second-order valence-electron chi connectivity index (χ2n) is 5.76. The van der Waals surface area contributed by atoms with Crippen molar-refractivity contribution in [2.75, 3.05) is 0 Å². The normalized spacial score (nSPS) is 39.3. The highest BCUT2D eigenvalue weighted by Crippen LogP contribution is 2.51. The molecule has 94 valence electrons. The number of esters is 2. The SMILES string of the molecule is CC(=O)[C@]1(C)C[C@]2(CC(C)(C)OC2=O)C(=O)O1. The van der Waals surface area contributed by atoms with Crippen LogP contribution in [0.3, 0.4) is 0 Å². The molecule has 0 aromatic carbocycles. The van der Waals surface area contributed by atoms with E-state index < -0.39 is 28.6 Å². The van der Waals surface area contributed by atoms with E-state index in [4.69, 9.17) is 9.47 Å². The standard InChI is InChI=1S/C12H16O5/c1-7(13)11(4)6-12(9(15)17-11)5-10(2,3)16-8(12)14/h5-6H2,1-4H3/t11-,12-/m0/s1. The molecule has 5 nitrogen and oxygen atoms in total. The molecule has 1 spiro atoms. The fourth-order valence-corrected chi connectivity index (χ4v) is 2.66. The lowest BCUT2D eigenvalue weighted by atomic mass is 9.75. The number of carbonyl (C=O) groups is 3. The van der Waals surface area contributed by atoms with Crippen LogP contribution in [0.1, 0.15) is 40.5 Å². The third kappa shape index (κ3) is 1.56. The Morgan fingerprint density at radius 2 is 1.59 bits per heavy atom. The summed E-state index contributed by atoms with van der Waals surface area (Å²) < 4.78 is 10.3. The fourth-order valence-electron chi connectivity index (χ4n) is 2.66. The van der Waals surface area contributed by atoms with E-state index in [0.717, 1.165) is 0 Å². The van der Waals surface area contributed by atoms with Crippen molar-refractivity contribution in [3.63, 3.8) is 0 Å². The van der Waals surface area contributed by atoms with E-state index in [9.17, 15) is 14.4 Å². The van der Waals surface area contributed by atoms with Crippen molar-refractivity contribution >= 4 is 17.7 Å². The summed E-state index contributed by atoms with van der Waals surface area (Å²) in [7, 11) is 0. The number of rotatable bonds is 1. The van der Waals surface area contributed by atoms with Gasteiger partial charge >= 0.3 is 11.9 Å². The van der Waals surface area contributed by atoms with Gasteiger partial charge in [-0.25, -0.2) is 0 Å². The van der Waals surface area contributed by atoms with Gasteiger partial charge in [0.15, 0.2) is 16.8 Å². The Balaban J connectivity index is 2.39.